The highest BCUT2D eigenvalue weighted by Crippen LogP contribution is 2.22. The first-order chi connectivity index (χ1) is 12.9. The number of halogens is 1. The molecule has 2 heterocycles. The van der Waals surface area contributed by atoms with Gasteiger partial charge in [0, 0.05) is 25.0 Å². The van der Waals surface area contributed by atoms with Crippen molar-refractivity contribution in [1.29, 1.82) is 0 Å². The van der Waals surface area contributed by atoms with Crippen LogP contribution in [0.25, 0.3) is 0 Å². The number of anilines is 1. The van der Waals surface area contributed by atoms with Crippen molar-refractivity contribution in [3.8, 4) is 0 Å². The zero-order valence-corrected chi connectivity index (χ0v) is 16.5. The molecule has 0 spiro atoms. The van der Waals surface area contributed by atoms with Gasteiger partial charge in [-0.15, -0.1) is 0 Å². The van der Waals surface area contributed by atoms with Crippen LogP contribution < -0.4 is 5.32 Å². The van der Waals surface area contributed by atoms with E-state index in [9.17, 15) is 13.2 Å². The van der Waals surface area contributed by atoms with Crippen LogP contribution >= 0.6 is 11.6 Å². The molecule has 6 nitrogen and oxygen atoms in total. The van der Waals surface area contributed by atoms with Crippen molar-refractivity contribution in [2.24, 2.45) is 0 Å². The molecule has 0 saturated carbocycles. The summed E-state index contributed by atoms with van der Waals surface area (Å²) in [5, 5.41) is 3.14. The van der Waals surface area contributed by atoms with Gasteiger partial charge in [0.15, 0.2) is 0 Å². The molecule has 1 aromatic carbocycles. The van der Waals surface area contributed by atoms with E-state index in [1.54, 1.807) is 46.9 Å². The molecule has 3 rings (SSSR count). The van der Waals surface area contributed by atoms with Crippen LogP contribution in [0.3, 0.4) is 0 Å². The third-order valence-corrected chi connectivity index (χ3v) is 6.63. The fourth-order valence-corrected chi connectivity index (χ4v) is 4.67. The van der Waals surface area contributed by atoms with Crippen molar-refractivity contribution in [2.45, 2.75) is 37.0 Å². The number of aromatic nitrogens is 1. The van der Waals surface area contributed by atoms with Gasteiger partial charge in [-0.1, -0.05) is 30.5 Å². The fraction of sp³-hybridized carbons (Fsp3) is 0.368. The van der Waals surface area contributed by atoms with Crippen molar-refractivity contribution in [1.82, 2.24) is 9.29 Å². The lowest BCUT2D eigenvalue weighted by Crippen LogP contribution is -2.31. The number of carbonyl (C=O) groups excluding carboxylic acids is 1. The molecule has 144 valence electrons. The van der Waals surface area contributed by atoms with E-state index in [-0.39, 0.29) is 17.2 Å². The Morgan fingerprint density at radius 1 is 1.04 bits per heavy atom. The second-order valence-electron chi connectivity index (χ2n) is 6.56. The molecule has 1 N–H and O–H groups in total. The van der Waals surface area contributed by atoms with Crippen LogP contribution in [0.2, 0.25) is 5.15 Å². The lowest BCUT2D eigenvalue weighted by atomic mass is 10.2. The maximum atomic E-state index is 12.8. The predicted molar refractivity (Wildman–Crippen MR) is 105 cm³/mol. The van der Waals surface area contributed by atoms with Crippen LogP contribution in [0.5, 0.6) is 0 Å². The van der Waals surface area contributed by atoms with Gasteiger partial charge in [0.25, 0.3) is 0 Å². The molecule has 0 radical (unpaired) electrons. The number of hydrogen-bond acceptors (Lipinski definition) is 4. The van der Waals surface area contributed by atoms with Gasteiger partial charge in [-0.2, -0.15) is 4.31 Å². The molecule has 27 heavy (non-hydrogen) atoms. The van der Waals surface area contributed by atoms with Gasteiger partial charge in [0.2, 0.25) is 15.9 Å². The van der Waals surface area contributed by atoms with Crippen molar-refractivity contribution >= 4 is 33.2 Å². The number of nitrogens with one attached hydrogen (secondary N) is 1. The van der Waals surface area contributed by atoms with E-state index in [0.29, 0.717) is 23.9 Å². The van der Waals surface area contributed by atoms with Gasteiger partial charge in [-0.3, -0.25) is 4.79 Å². The lowest BCUT2D eigenvalue weighted by molar-refractivity contribution is -0.115. The SMILES string of the molecule is O=C(Cc1ccc(Cl)nc1)Nc1ccc(S(=O)(=O)N2CCCCCC2)cc1. The minimum atomic E-state index is -3.48. The standard InChI is InChI=1S/C19H22ClN3O3S/c20-18-10-5-15(14-21-18)13-19(24)22-16-6-8-17(9-7-16)27(25,26)23-11-3-1-2-4-12-23/h5-10,14H,1-4,11-13H2,(H,22,24). The zero-order chi connectivity index (χ0) is 19.3. The van der Waals surface area contributed by atoms with Gasteiger partial charge in [0.1, 0.15) is 5.15 Å². The average Bonchev–Trinajstić information content (AvgIpc) is 2.94. The average molecular weight is 408 g/mol. The molecule has 1 amide bonds. The Morgan fingerprint density at radius 2 is 1.70 bits per heavy atom. The molecule has 0 bridgehead atoms. The summed E-state index contributed by atoms with van der Waals surface area (Å²) in [5.41, 5.74) is 1.30. The van der Waals surface area contributed by atoms with Crippen molar-refractivity contribution in [3.63, 3.8) is 0 Å². The molecule has 1 aliphatic heterocycles. The van der Waals surface area contributed by atoms with Crippen LogP contribution in [0.1, 0.15) is 31.2 Å². The highest BCUT2D eigenvalue weighted by molar-refractivity contribution is 7.89. The Morgan fingerprint density at radius 3 is 2.30 bits per heavy atom. The second-order valence-corrected chi connectivity index (χ2v) is 8.88. The predicted octanol–water partition coefficient (Wildman–Crippen LogP) is 3.48. The molecule has 1 aromatic heterocycles. The minimum Gasteiger partial charge on any atom is -0.326 e. The number of pyridine rings is 1. The molecule has 0 unspecified atom stereocenters. The van der Waals surface area contributed by atoms with E-state index in [1.165, 1.54) is 0 Å². The number of benzene rings is 1. The number of sulfonamides is 1. The molecule has 1 aliphatic rings. The summed E-state index contributed by atoms with van der Waals surface area (Å²) >= 11 is 5.73. The highest BCUT2D eigenvalue weighted by atomic mass is 35.5. The third-order valence-electron chi connectivity index (χ3n) is 4.49. The van der Waals surface area contributed by atoms with Crippen molar-refractivity contribution < 1.29 is 13.2 Å². The van der Waals surface area contributed by atoms with Crippen LogP contribution in [0.4, 0.5) is 5.69 Å². The van der Waals surface area contributed by atoms with E-state index in [1.807, 2.05) is 0 Å². The monoisotopic (exact) mass is 407 g/mol. The molecule has 2 aromatic rings. The van der Waals surface area contributed by atoms with Gasteiger partial charge in [0.05, 0.1) is 11.3 Å². The molecular formula is C19H22ClN3O3S. The highest BCUT2D eigenvalue weighted by Gasteiger charge is 2.24. The molecular weight excluding hydrogens is 386 g/mol. The first-order valence-electron chi connectivity index (χ1n) is 8.96. The summed E-state index contributed by atoms with van der Waals surface area (Å²) in [7, 11) is -3.48. The van der Waals surface area contributed by atoms with Gasteiger partial charge < -0.3 is 5.32 Å². The second kappa shape index (κ2) is 8.82. The number of nitrogens with zero attached hydrogens (tertiary/aromatic N) is 2. The lowest BCUT2D eigenvalue weighted by Gasteiger charge is -2.20. The number of carbonyl (C=O) groups is 1. The van der Waals surface area contributed by atoms with E-state index in [0.717, 1.165) is 31.2 Å². The smallest absolute Gasteiger partial charge is 0.243 e. The Balaban J connectivity index is 1.64. The van der Waals surface area contributed by atoms with Crippen molar-refractivity contribution in [2.75, 3.05) is 18.4 Å². The molecule has 0 aliphatic carbocycles. The largest absolute Gasteiger partial charge is 0.326 e. The number of hydrogen-bond donors (Lipinski definition) is 1. The number of rotatable bonds is 5. The number of amides is 1. The quantitative estimate of drug-likeness (QED) is 0.769. The molecule has 8 heteroatoms. The summed E-state index contributed by atoms with van der Waals surface area (Å²) in [6.07, 6.45) is 5.65. The van der Waals surface area contributed by atoms with Crippen LogP contribution in [0.15, 0.2) is 47.5 Å². The van der Waals surface area contributed by atoms with Crippen LogP contribution in [-0.4, -0.2) is 36.7 Å². The summed E-state index contributed by atoms with van der Waals surface area (Å²) in [4.78, 5) is 16.3. The van der Waals surface area contributed by atoms with E-state index in [2.05, 4.69) is 10.3 Å². The normalized spacial score (nSPS) is 15.9. The Kier molecular flexibility index (Phi) is 6.46. The van der Waals surface area contributed by atoms with Crippen molar-refractivity contribution in [3.05, 3.63) is 53.3 Å². The van der Waals surface area contributed by atoms with E-state index in [4.69, 9.17) is 11.6 Å². The maximum Gasteiger partial charge on any atom is 0.243 e. The first kappa shape index (κ1) is 19.8. The topological polar surface area (TPSA) is 79.4 Å². The Hall–Kier alpha value is -1.96. The van der Waals surface area contributed by atoms with Gasteiger partial charge in [-0.05, 0) is 48.7 Å². The summed E-state index contributed by atoms with van der Waals surface area (Å²) in [6, 6.07) is 9.68. The van der Waals surface area contributed by atoms with E-state index < -0.39 is 10.0 Å². The summed E-state index contributed by atoms with van der Waals surface area (Å²) < 4.78 is 27.1. The van der Waals surface area contributed by atoms with Gasteiger partial charge in [-0.25, -0.2) is 13.4 Å². The molecule has 1 saturated heterocycles. The first-order valence-corrected chi connectivity index (χ1v) is 10.8. The van der Waals surface area contributed by atoms with E-state index >= 15 is 0 Å². The minimum absolute atomic E-state index is 0.165. The zero-order valence-electron chi connectivity index (χ0n) is 14.9. The Bertz CT molecular complexity index is 875. The Labute approximate surface area is 164 Å². The summed E-state index contributed by atoms with van der Waals surface area (Å²) in [5.74, 6) is -0.206. The van der Waals surface area contributed by atoms with Crippen LogP contribution in [0, 0.1) is 0 Å². The van der Waals surface area contributed by atoms with Crippen LogP contribution in [-0.2, 0) is 21.2 Å². The maximum absolute atomic E-state index is 12.8. The van der Waals surface area contributed by atoms with Gasteiger partial charge >= 0.3 is 0 Å². The molecule has 0 atom stereocenters. The third kappa shape index (κ3) is 5.28. The fourth-order valence-electron chi connectivity index (χ4n) is 3.04. The molecule has 1 fully saturated rings. The summed E-state index contributed by atoms with van der Waals surface area (Å²) in [6.45, 7) is 1.13.